The second-order valence-corrected chi connectivity index (χ2v) is 4.87. The fraction of sp³-hybridized carbons (Fsp3) is 0.176. The van der Waals surface area contributed by atoms with Crippen LogP contribution in [0.4, 0.5) is 14.9 Å². The summed E-state index contributed by atoms with van der Waals surface area (Å²) in [6.07, 6.45) is 0.310. The summed E-state index contributed by atoms with van der Waals surface area (Å²) in [6.45, 7) is 0. The van der Waals surface area contributed by atoms with E-state index in [0.717, 1.165) is 5.56 Å². The van der Waals surface area contributed by atoms with Crippen LogP contribution in [-0.2, 0) is 16.0 Å². The smallest absolute Gasteiger partial charge is 0.328 e. The molecule has 0 unspecified atom stereocenters. The van der Waals surface area contributed by atoms with Crippen LogP contribution in [0.25, 0.3) is 0 Å². The number of carbonyl (C=O) groups excluding carboxylic acids is 2. The second-order valence-electron chi connectivity index (χ2n) is 4.87. The molecule has 23 heavy (non-hydrogen) atoms. The standard InChI is InChI=1S/C17H17FN2O3/c1-23-16(21)15(11-12-5-3-2-4-6-12)20-17(22)19-14-9-7-13(18)8-10-14/h2-10,15H,11H2,1H3,(H2,19,20,22)/t15-/m0/s1. The summed E-state index contributed by atoms with van der Waals surface area (Å²) in [5.41, 5.74) is 1.32. The SMILES string of the molecule is COC(=O)[C@H](Cc1ccccc1)NC(=O)Nc1ccc(F)cc1. The first kappa shape index (κ1) is 16.5. The summed E-state index contributed by atoms with van der Waals surface area (Å²) in [4.78, 5) is 23.8. The van der Waals surface area contributed by atoms with Gasteiger partial charge in [-0.25, -0.2) is 14.0 Å². The third-order valence-corrected chi connectivity index (χ3v) is 3.18. The van der Waals surface area contributed by atoms with E-state index in [0.29, 0.717) is 12.1 Å². The number of benzene rings is 2. The van der Waals surface area contributed by atoms with Crippen LogP contribution < -0.4 is 10.6 Å². The third kappa shape index (κ3) is 5.10. The van der Waals surface area contributed by atoms with Crippen molar-refractivity contribution >= 4 is 17.7 Å². The van der Waals surface area contributed by atoms with Gasteiger partial charge in [0, 0.05) is 12.1 Å². The molecule has 0 radical (unpaired) electrons. The van der Waals surface area contributed by atoms with Crippen molar-refractivity contribution in [1.29, 1.82) is 0 Å². The number of nitrogens with one attached hydrogen (secondary N) is 2. The number of methoxy groups -OCH3 is 1. The van der Waals surface area contributed by atoms with Gasteiger partial charge in [0.25, 0.3) is 0 Å². The van der Waals surface area contributed by atoms with Crippen molar-refractivity contribution in [2.45, 2.75) is 12.5 Å². The van der Waals surface area contributed by atoms with Crippen LogP contribution >= 0.6 is 0 Å². The largest absolute Gasteiger partial charge is 0.467 e. The Balaban J connectivity index is 2.00. The number of ether oxygens (including phenoxy) is 1. The molecule has 2 N–H and O–H groups in total. The van der Waals surface area contributed by atoms with E-state index in [4.69, 9.17) is 4.74 Å². The van der Waals surface area contributed by atoms with E-state index in [9.17, 15) is 14.0 Å². The normalized spacial score (nSPS) is 11.4. The van der Waals surface area contributed by atoms with Crippen molar-refractivity contribution in [1.82, 2.24) is 5.32 Å². The molecule has 2 aromatic rings. The van der Waals surface area contributed by atoms with Gasteiger partial charge in [-0.15, -0.1) is 0 Å². The molecule has 0 aromatic heterocycles. The van der Waals surface area contributed by atoms with Gasteiger partial charge in [-0.1, -0.05) is 30.3 Å². The summed E-state index contributed by atoms with van der Waals surface area (Å²) in [5, 5.41) is 5.10. The molecule has 2 rings (SSSR count). The molecule has 5 nitrogen and oxygen atoms in total. The Hall–Kier alpha value is -2.89. The van der Waals surface area contributed by atoms with Gasteiger partial charge in [-0.3, -0.25) is 0 Å². The lowest BCUT2D eigenvalue weighted by Gasteiger charge is -2.17. The van der Waals surface area contributed by atoms with E-state index >= 15 is 0 Å². The lowest BCUT2D eigenvalue weighted by molar-refractivity contribution is -0.142. The molecule has 0 fully saturated rings. The highest BCUT2D eigenvalue weighted by Crippen LogP contribution is 2.09. The molecule has 0 saturated heterocycles. The van der Waals surface area contributed by atoms with Gasteiger partial charge in [0.05, 0.1) is 7.11 Å². The monoisotopic (exact) mass is 316 g/mol. The molecule has 0 spiro atoms. The highest BCUT2D eigenvalue weighted by atomic mass is 19.1. The van der Waals surface area contributed by atoms with Gasteiger partial charge < -0.3 is 15.4 Å². The summed E-state index contributed by atoms with van der Waals surface area (Å²) in [5.74, 6) is -0.935. The Kier molecular flexibility index (Phi) is 5.68. The Morgan fingerprint density at radius 2 is 1.74 bits per heavy atom. The second kappa shape index (κ2) is 7.93. The lowest BCUT2D eigenvalue weighted by atomic mass is 10.1. The highest BCUT2D eigenvalue weighted by Gasteiger charge is 2.21. The zero-order valence-corrected chi connectivity index (χ0v) is 12.6. The number of anilines is 1. The van der Waals surface area contributed by atoms with Crippen LogP contribution in [0.2, 0.25) is 0 Å². The van der Waals surface area contributed by atoms with Crippen molar-refractivity contribution < 1.29 is 18.7 Å². The number of hydrogen-bond acceptors (Lipinski definition) is 3. The first-order valence-electron chi connectivity index (χ1n) is 7.03. The van der Waals surface area contributed by atoms with Crippen LogP contribution in [0.15, 0.2) is 54.6 Å². The minimum Gasteiger partial charge on any atom is -0.467 e. The number of carbonyl (C=O) groups is 2. The van der Waals surface area contributed by atoms with Crippen molar-refractivity contribution in [3.8, 4) is 0 Å². The Labute approximate surface area is 133 Å². The maximum atomic E-state index is 12.8. The number of halogens is 1. The van der Waals surface area contributed by atoms with Crippen molar-refractivity contribution in [3.05, 3.63) is 66.0 Å². The van der Waals surface area contributed by atoms with E-state index in [2.05, 4.69) is 10.6 Å². The Morgan fingerprint density at radius 3 is 2.35 bits per heavy atom. The first-order chi connectivity index (χ1) is 11.1. The van der Waals surface area contributed by atoms with Gasteiger partial charge in [-0.05, 0) is 29.8 Å². The molecule has 0 bridgehead atoms. The molecular weight excluding hydrogens is 299 g/mol. The number of urea groups is 1. The average Bonchev–Trinajstić information content (AvgIpc) is 2.56. The average molecular weight is 316 g/mol. The van der Waals surface area contributed by atoms with Crippen LogP contribution in [0.5, 0.6) is 0 Å². The fourth-order valence-electron chi connectivity index (χ4n) is 2.04. The summed E-state index contributed by atoms with van der Waals surface area (Å²) in [6, 6.07) is 13.2. The number of amides is 2. The predicted octanol–water partition coefficient (Wildman–Crippen LogP) is 2.73. The van der Waals surface area contributed by atoms with Gasteiger partial charge in [0.2, 0.25) is 0 Å². The van der Waals surface area contributed by atoms with Gasteiger partial charge >= 0.3 is 12.0 Å². The molecule has 6 heteroatoms. The minimum absolute atomic E-state index is 0.310. The maximum absolute atomic E-state index is 12.8. The maximum Gasteiger partial charge on any atom is 0.328 e. The molecule has 2 amide bonds. The molecule has 0 aliphatic carbocycles. The molecular formula is C17H17FN2O3. The van der Waals surface area contributed by atoms with Gasteiger partial charge in [0.15, 0.2) is 0 Å². The Bertz CT molecular complexity index is 659. The zero-order valence-electron chi connectivity index (χ0n) is 12.6. The van der Waals surface area contributed by atoms with E-state index in [-0.39, 0.29) is 0 Å². The Morgan fingerprint density at radius 1 is 1.09 bits per heavy atom. The zero-order chi connectivity index (χ0) is 16.7. The van der Waals surface area contributed by atoms with Crippen LogP contribution in [-0.4, -0.2) is 25.2 Å². The first-order valence-corrected chi connectivity index (χ1v) is 7.03. The van der Waals surface area contributed by atoms with Crippen LogP contribution in [0, 0.1) is 5.82 Å². The number of hydrogen-bond donors (Lipinski definition) is 2. The van der Waals surface area contributed by atoms with Crippen molar-refractivity contribution in [2.24, 2.45) is 0 Å². The number of esters is 1. The van der Waals surface area contributed by atoms with Crippen molar-refractivity contribution in [3.63, 3.8) is 0 Å². The topological polar surface area (TPSA) is 67.4 Å². The van der Waals surface area contributed by atoms with E-state index in [1.165, 1.54) is 31.4 Å². The highest BCUT2D eigenvalue weighted by molar-refractivity contribution is 5.92. The molecule has 0 saturated carbocycles. The fourth-order valence-corrected chi connectivity index (χ4v) is 2.04. The third-order valence-electron chi connectivity index (χ3n) is 3.18. The van der Waals surface area contributed by atoms with Crippen LogP contribution in [0.1, 0.15) is 5.56 Å². The summed E-state index contributed by atoms with van der Waals surface area (Å²) >= 11 is 0. The molecule has 0 aliphatic rings. The summed E-state index contributed by atoms with van der Waals surface area (Å²) < 4.78 is 17.6. The van der Waals surface area contributed by atoms with E-state index in [1.54, 1.807) is 0 Å². The predicted molar refractivity (Wildman–Crippen MR) is 84.5 cm³/mol. The molecule has 1 atom stereocenters. The summed E-state index contributed by atoms with van der Waals surface area (Å²) in [7, 11) is 1.26. The van der Waals surface area contributed by atoms with E-state index in [1.807, 2.05) is 30.3 Å². The van der Waals surface area contributed by atoms with Gasteiger partial charge in [0.1, 0.15) is 11.9 Å². The van der Waals surface area contributed by atoms with Crippen LogP contribution in [0.3, 0.4) is 0 Å². The molecule has 0 aliphatic heterocycles. The minimum atomic E-state index is -0.817. The molecule has 2 aromatic carbocycles. The quantitative estimate of drug-likeness (QED) is 0.834. The van der Waals surface area contributed by atoms with E-state index < -0.39 is 23.9 Å². The molecule has 120 valence electrons. The van der Waals surface area contributed by atoms with Gasteiger partial charge in [-0.2, -0.15) is 0 Å². The lowest BCUT2D eigenvalue weighted by Crippen LogP contribution is -2.45. The van der Waals surface area contributed by atoms with Crippen molar-refractivity contribution in [2.75, 3.05) is 12.4 Å². The number of rotatable bonds is 5. The molecule has 0 heterocycles.